The molecule has 73 heavy (non-hydrogen) atoms. The number of nitrogens with one attached hydrogen (secondary N) is 1. The highest BCUT2D eigenvalue weighted by atomic mass is 32.1. The van der Waals surface area contributed by atoms with Gasteiger partial charge >= 0.3 is 0 Å². The van der Waals surface area contributed by atoms with E-state index in [0.717, 1.165) is 58.0 Å². The van der Waals surface area contributed by atoms with Crippen molar-refractivity contribution in [2.24, 2.45) is 5.73 Å². The Labute approximate surface area is 434 Å². The number of aromatic hydroxyl groups is 2. The summed E-state index contributed by atoms with van der Waals surface area (Å²) in [6.07, 6.45) is 5.31. The van der Waals surface area contributed by atoms with Crippen molar-refractivity contribution >= 4 is 60.2 Å². The Morgan fingerprint density at radius 1 is 0.575 bits per heavy atom. The highest BCUT2D eigenvalue weighted by Gasteiger charge is 2.27. The molecule has 0 spiro atoms. The second kappa shape index (κ2) is 25.7. The van der Waals surface area contributed by atoms with Crippen molar-refractivity contribution < 1.29 is 42.9 Å². The number of Topliss-reactive ketones (excluding diaryl/α,β-unsaturated/α-hetero) is 1. The van der Waals surface area contributed by atoms with Gasteiger partial charge in [-0.25, -0.2) is 8.78 Å². The lowest BCUT2D eigenvalue weighted by Gasteiger charge is -2.14. The lowest BCUT2D eigenvalue weighted by molar-refractivity contribution is -0.118. The summed E-state index contributed by atoms with van der Waals surface area (Å²) in [6.45, 7) is 16.5. The van der Waals surface area contributed by atoms with E-state index in [0.29, 0.717) is 97.3 Å². The zero-order valence-electron chi connectivity index (χ0n) is 42.7. The van der Waals surface area contributed by atoms with E-state index < -0.39 is 0 Å². The van der Waals surface area contributed by atoms with E-state index in [2.05, 4.69) is 19.2 Å². The zero-order chi connectivity index (χ0) is 52.9. The number of rotatable bonds is 18. The minimum atomic E-state index is -0.373. The van der Waals surface area contributed by atoms with Gasteiger partial charge in [0.1, 0.15) is 50.2 Å². The number of aryl methyl sites for hydroxylation is 4. The number of halogens is 2. The average Bonchev–Trinajstić information content (AvgIpc) is 3.90. The Morgan fingerprint density at radius 2 is 0.959 bits per heavy atom. The third-order valence-electron chi connectivity index (χ3n) is 12.5. The van der Waals surface area contributed by atoms with Crippen LogP contribution in [0, 0.1) is 39.3 Å². The van der Waals surface area contributed by atoms with Crippen LogP contribution in [0.5, 0.6) is 34.5 Å². The van der Waals surface area contributed by atoms with Crippen LogP contribution in [0.4, 0.5) is 8.78 Å². The van der Waals surface area contributed by atoms with Gasteiger partial charge in [-0.05, 0) is 185 Å². The molecule has 8 aromatic rings. The lowest BCUT2D eigenvalue weighted by Crippen LogP contribution is -2.29. The van der Waals surface area contributed by atoms with Gasteiger partial charge in [0, 0.05) is 50.2 Å². The molecule has 0 saturated heterocycles. The molecule has 0 atom stereocenters. The first-order valence-electron chi connectivity index (χ1n) is 24.6. The average molecular weight is 1030 g/mol. The topological polar surface area (TPSA) is 148 Å². The van der Waals surface area contributed by atoms with Gasteiger partial charge in [0.25, 0.3) is 0 Å². The van der Waals surface area contributed by atoms with Crippen molar-refractivity contribution in [1.82, 2.24) is 5.32 Å². The molecule has 0 amide bonds. The fourth-order valence-electron chi connectivity index (χ4n) is 8.49. The Morgan fingerprint density at radius 3 is 1.30 bits per heavy atom. The van der Waals surface area contributed by atoms with Crippen LogP contribution in [0.3, 0.4) is 0 Å². The van der Waals surface area contributed by atoms with Gasteiger partial charge < -0.3 is 30.7 Å². The number of benzene rings is 6. The molecule has 2 heterocycles. The molecule has 0 radical (unpaired) electrons. The van der Waals surface area contributed by atoms with Crippen molar-refractivity contribution in [3.63, 3.8) is 0 Å². The van der Waals surface area contributed by atoms with Crippen LogP contribution in [0.15, 0.2) is 109 Å². The quantitative estimate of drug-likeness (QED) is 0.0617. The summed E-state index contributed by atoms with van der Waals surface area (Å²) in [5.41, 5.74) is 11.1. The summed E-state index contributed by atoms with van der Waals surface area (Å²) < 4.78 is 41.6. The Bertz CT molecular complexity index is 3160. The molecule has 8 rings (SSSR count). The summed E-state index contributed by atoms with van der Waals surface area (Å²) in [5, 5.41) is 25.0. The molecule has 0 aliphatic heterocycles. The number of ether oxygens (including phenoxy) is 2. The molecule has 0 saturated carbocycles. The van der Waals surface area contributed by atoms with Crippen LogP contribution in [-0.4, -0.2) is 46.7 Å². The largest absolute Gasteiger partial charge is 0.508 e. The Balaban J connectivity index is 0.000000216. The van der Waals surface area contributed by atoms with Crippen LogP contribution >= 0.6 is 22.7 Å². The van der Waals surface area contributed by atoms with E-state index in [1.54, 1.807) is 64.1 Å². The normalized spacial score (nSPS) is 11.0. The zero-order valence-corrected chi connectivity index (χ0v) is 44.3. The van der Waals surface area contributed by atoms with E-state index in [-0.39, 0.29) is 34.7 Å². The van der Waals surface area contributed by atoms with Gasteiger partial charge in [-0.2, -0.15) is 0 Å². The first kappa shape index (κ1) is 55.5. The van der Waals surface area contributed by atoms with Crippen LogP contribution in [0.1, 0.15) is 117 Å². The molecule has 0 fully saturated rings. The standard InChI is InChI=1S/C30H32FNO3S.C25H22FNO3S.C5H10O/c1-5-22(6-2)32-14-13-20-7-10-24(11-8-20)35-29-25-12-9-23(33)17-26(25)36-30(29)28(34)27-18(3)15-21(31)16-19(27)4;1-14-11-17(26)12-15(2)22(14)23(29)25-24(20-8-5-18(28)13-21(20)31-25)30-19-6-3-16(4-7-19)9-10-27;1-3-5(6)4-2/h7-12,15-17,22,32-33H,5-6,13-14H2,1-4H3;3-8,11-13,28H,9-10,27H2,1-2H3;3-4H2,1-2H3. The fourth-order valence-corrected chi connectivity index (χ4v) is 10.7. The number of nitrogens with two attached hydrogens (primary N) is 1. The second-order valence-electron chi connectivity index (χ2n) is 17.9. The number of fused-ring (bicyclic) bond motifs is 2. The summed E-state index contributed by atoms with van der Waals surface area (Å²) in [7, 11) is 0. The predicted molar refractivity (Wildman–Crippen MR) is 293 cm³/mol. The summed E-state index contributed by atoms with van der Waals surface area (Å²) in [6, 6.07) is 31.4. The van der Waals surface area contributed by atoms with E-state index in [9.17, 15) is 33.4 Å². The lowest BCUT2D eigenvalue weighted by atomic mass is 9.97. The summed E-state index contributed by atoms with van der Waals surface area (Å²) >= 11 is 2.51. The fraction of sp³-hybridized carbons (Fsp3) is 0.283. The van der Waals surface area contributed by atoms with Crippen molar-refractivity contribution in [1.29, 1.82) is 0 Å². The minimum absolute atomic E-state index is 0.111. The minimum Gasteiger partial charge on any atom is -0.508 e. The Hall–Kier alpha value is -6.77. The van der Waals surface area contributed by atoms with E-state index in [4.69, 9.17) is 15.2 Å². The maximum absolute atomic E-state index is 13.9. The van der Waals surface area contributed by atoms with Crippen LogP contribution in [-0.2, 0) is 17.6 Å². The predicted octanol–water partition coefficient (Wildman–Crippen LogP) is 15.0. The monoisotopic (exact) mass is 1030 g/mol. The maximum Gasteiger partial charge on any atom is 0.207 e. The molecule has 9 nitrogen and oxygen atoms in total. The molecular weight excluding hydrogens is 963 g/mol. The second-order valence-corrected chi connectivity index (χ2v) is 20.0. The molecule has 0 bridgehead atoms. The third kappa shape index (κ3) is 14.1. The molecule has 2 aromatic heterocycles. The highest BCUT2D eigenvalue weighted by molar-refractivity contribution is 7.22. The van der Waals surface area contributed by atoms with Gasteiger partial charge in [0.15, 0.2) is 11.5 Å². The SMILES string of the molecule is CCC(=O)CC.CCC(CC)NCCc1ccc(Oc2c(C(=O)c3c(C)cc(F)cc3C)sc3cc(O)ccc23)cc1.Cc1cc(F)cc(C)c1C(=O)c1sc2cc(O)ccc2c1Oc1ccc(CCN)cc1. The smallest absolute Gasteiger partial charge is 0.207 e. The van der Waals surface area contributed by atoms with Crippen LogP contribution in [0.25, 0.3) is 20.2 Å². The number of ketones is 3. The van der Waals surface area contributed by atoms with Gasteiger partial charge in [-0.3, -0.25) is 14.4 Å². The van der Waals surface area contributed by atoms with Crippen LogP contribution < -0.4 is 20.5 Å². The van der Waals surface area contributed by atoms with Crippen molar-refractivity contribution in [2.75, 3.05) is 13.1 Å². The molecule has 0 aliphatic rings. The molecule has 5 N–H and O–H groups in total. The first-order valence-corrected chi connectivity index (χ1v) is 26.2. The Kier molecular flexibility index (Phi) is 19.6. The number of phenolic OH excluding ortho intramolecular Hbond substituents is 2. The van der Waals surface area contributed by atoms with E-state index in [1.165, 1.54) is 52.5 Å². The number of hydrogen-bond acceptors (Lipinski definition) is 11. The number of carbonyl (C=O) groups is 3. The molecule has 382 valence electrons. The highest BCUT2D eigenvalue weighted by Crippen LogP contribution is 2.45. The van der Waals surface area contributed by atoms with Gasteiger partial charge in [0.2, 0.25) is 11.6 Å². The van der Waals surface area contributed by atoms with Crippen molar-refractivity contribution in [2.45, 2.75) is 100.0 Å². The number of thiophene rings is 2. The van der Waals surface area contributed by atoms with Crippen molar-refractivity contribution in [3.8, 4) is 34.5 Å². The van der Waals surface area contributed by atoms with Gasteiger partial charge in [0.05, 0.1) is 0 Å². The first-order chi connectivity index (χ1) is 35.0. The maximum atomic E-state index is 13.9. The van der Waals surface area contributed by atoms with Gasteiger partial charge in [-0.15, -0.1) is 22.7 Å². The third-order valence-corrected chi connectivity index (χ3v) is 14.7. The summed E-state index contributed by atoms with van der Waals surface area (Å²) in [4.78, 5) is 38.2. The van der Waals surface area contributed by atoms with Gasteiger partial charge in [-0.1, -0.05) is 52.0 Å². The number of hydrogen-bond donors (Lipinski definition) is 4. The number of carbonyl (C=O) groups excluding carboxylic acids is 3. The molecule has 0 unspecified atom stereocenters. The molecular formula is C60H64F2N2O7S2. The molecule has 0 aliphatic carbocycles. The van der Waals surface area contributed by atoms with Crippen molar-refractivity contribution in [3.05, 3.63) is 175 Å². The molecule has 13 heteroatoms. The van der Waals surface area contributed by atoms with Crippen LogP contribution in [0.2, 0.25) is 0 Å². The van der Waals surface area contributed by atoms with E-state index in [1.807, 2.05) is 62.4 Å². The molecule has 6 aromatic carbocycles. The summed E-state index contributed by atoms with van der Waals surface area (Å²) in [5.74, 6) is 1.48. The number of phenols is 2. The van der Waals surface area contributed by atoms with E-state index >= 15 is 0 Å².